The van der Waals surface area contributed by atoms with Crippen LogP contribution < -0.4 is 4.90 Å². The smallest absolute Gasteiger partial charge is 0.238 e. The van der Waals surface area contributed by atoms with Crippen LogP contribution in [0.2, 0.25) is 0 Å². The number of amides is 1. The van der Waals surface area contributed by atoms with Crippen molar-refractivity contribution >= 4 is 27.5 Å². The van der Waals surface area contributed by atoms with Crippen LogP contribution in [-0.4, -0.2) is 12.5 Å². The first-order chi connectivity index (χ1) is 8.65. The number of anilines is 1. The first-order valence-electron chi connectivity index (χ1n) is 6.39. The molecule has 1 aliphatic heterocycles. The highest BCUT2D eigenvalue weighted by Gasteiger charge is 2.65. The molecule has 0 unspecified atom stereocenters. The molecule has 0 saturated heterocycles. The van der Waals surface area contributed by atoms with E-state index in [1.54, 1.807) is 0 Å². The quantitative estimate of drug-likeness (QED) is 0.781. The number of hydrogen-bond acceptors (Lipinski definition) is 1. The van der Waals surface area contributed by atoms with Gasteiger partial charge in [0.05, 0.1) is 5.41 Å². The van der Waals surface area contributed by atoms with Gasteiger partial charge in [0.1, 0.15) is 0 Å². The average Bonchev–Trinajstić information content (AvgIpc) is 3.06. The number of fused-ring (bicyclic) bond motifs is 2. The molecule has 0 N–H and O–H groups in total. The van der Waals surface area contributed by atoms with Gasteiger partial charge in [0.15, 0.2) is 0 Å². The van der Waals surface area contributed by atoms with Crippen LogP contribution in [0.4, 0.5) is 5.69 Å². The molecule has 3 rings (SSSR count). The second kappa shape index (κ2) is 3.95. The molecule has 18 heavy (non-hydrogen) atoms. The van der Waals surface area contributed by atoms with Gasteiger partial charge < -0.3 is 4.90 Å². The van der Waals surface area contributed by atoms with Crippen molar-refractivity contribution in [3.05, 3.63) is 40.9 Å². The Labute approximate surface area is 116 Å². The fourth-order valence-corrected chi connectivity index (χ4v) is 3.50. The van der Waals surface area contributed by atoms with E-state index in [2.05, 4.69) is 41.6 Å². The lowest BCUT2D eigenvalue weighted by Crippen LogP contribution is -2.33. The monoisotopic (exact) mass is 305 g/mol. The summed E-state index contributed by atoms with van der Waals surface area (Å²) in [5.74, 6) is 0.572. The number of benzene rings is 1. The first kappa shape index (κ1) is 12.0. The third-order valence-electron chi connectivity index (χ3n) is 4.10. The maximum atomic E-state index is 12.7. The highest BCUT2D eigenvalue weighted by molar-refractivity contribution is 9.10. The molecule has 1 saturated carbocycles. The van der Waals surface area contributed by atoms with E-state index in [0.717, 1.165) is 29.5 Å². The van der Waals surface area contributed by atoms with Crippen LogP contribution in [0.5, 0.6) is 0 Å². The van der Waals surface area contributed by atoms with E-state index in [1.807, 2.05) is 17.0 Å². The molecule has 1 aromatic rings. The number of carbonyl (C=O) groups is 1. The summed E-state index contributed by atoms with van der Waals surface area (Å²) in [7, 11) is 0. The van der Waals surface area contributed by atoms with Crippen molar-refractivity contribution in [3.63, 3.8) is 0 Å². The van der Waals surface area contributed by atoms with Crippen molar-refractivity contribution in [2.45, 2.75) is 25.2 Å². The van der Waals surface area contributed by atoms with Crippen LogP contribution in [0.1, 0.15) is 25.3 Å². The minimum absolute atomic E-state index is 0.266. The van der Waals surface area contributed by atoms with Crippen LogP contribution in [-0.2, 0) is 10.2 Å². The van der Waals surface area contributed by atoms with Crippen molar-refractivity contribution in [1.82, 2.24) is 0 Å². The number of allylic oxidation sites excluding steroid dienone is 1. The predicted molar refractivity (Wildman–Crippen MR) is 76.8 cm³/mol. The lowest BCUT2D eigenvalue weighted by atomic mass is 9.95. The molecule has 1 fully saturated rings. The lowest BCUT2D eigenvalue weighted by Gasteiger charge is -2.16. The fourth-order valence-electron chi connectivity index (χ4n) is 3.14. The maximum Gasteiger partial charge on any atom is 0.238 e. The first-order valence-corrected chi connectivity index (χ1v) is 7.19. The summed E-state index contributed by atoms with van der Waals surface area (Å²) in [4.78, 5) is 14.6. The van der Waals surface area contributed by atoms with Crippen molar-refractivity contribution < 1.29 is 4.79 Å². The van der Waals surface area contributed by atoms with E-state index in [9.17, 15) is 4.79 Å². The van der Waals surface area contributed by atoms with Crippen LogP contribution in [0.15, 0.2) is 35.3 Å². The molecule has 1 aromatic carbocycles. The summed E-state index contributed by atoms with van der Waals surface area (Å²) in [6.07, 6.45) is 3.83. The molecule has 2 nitrogen and oxygen atoms in total. The number of nitrogens with zero attached hydrogens (tertiary/aromatic N) is 1. The van der Waals surface area contributed by atoms with E-state index in [4.69, 9.17) is 0 Å². The summed E-state index contributed by atoms with van der Waals surface area (Å²) >= 11 is 3.51. The number of rotatable bonds is 3. The summed E-state index contributed by atoms with van der Waals surface area (Å²) < 4.78 is 1.04. The summed E-state index contributed by atoms with van der Waals surface area (Å²) in [5.41, 5.74) is 1.98. The Morgan fingerprint density at radius 2 is 2.39 bits per heavy atom. The second-order valence-corrected chi connectivity index (χ2v) is 6.05. The van der Waals surface area contributed by atoms with Crippen molar-refractivity contribution in [2.75, 3.05) is 11.4 Å². The molecule has 94 valence electrons. The van der Waals surface area contributed by atoms with Crippen LogP contribution in [0.25, 0.3) is 0 Å². The van der Waals surface area contributed by atoms with E-state index >= 15 is 0 Å². The zero-order valence-corrected chi connectivity index (χ0v) is 12.0. The van der Waals surface area contributed by atoms with Crippen molar-refractivity contribution in [1.29, 1.82) is 0 Å². The summed E-state index contributed by atoms with van der Waals surface area (Å²) in [6, 6.07) is 6.17. The zero-order chi connectivity index (χ0) is 12.9. The third-order valence-corrected chi connectivity index (χ3v) is 4.60. The Bertz CT molecular complexity index is 539. The standard InChI is InChI=1S/C15H16BrNO/c1-3-7-17-13-6-5-11(16)8-12(13)15(14(17)18)9-10(15)4-2/h4-6,8,10H,2-3,7,9H2,1H3/t10-,15+/m1/s1. The Hall–Kier alpha value is -1.09. The van der Waals surface area contributed by atoms with Crippen LogP contribution in [0, 0.1) is 5.92 Å². The van der Waals surface area contributed by atoms with Gasteiger partial charge in [0.2, 0.25) is 5.91 Å². The summed E-state index contributed by atoms with van der Waals surface area (Å²) in [5, 5.41) is 0. The summed E-state index contributed by atoms with van der Waals surface area (Å²) in [6.45, 7) is 6.77. The molecule has 2 atom stereocenters. The second-order valence-electron chi connectivity index (χ2n) is 5.14. The minimum atomic E-state index is -0.296. The number of carbonyl (C=O) groups excluding carboxylic acids is 1. The largest absolute Gasteiger partial charge is 0.311 e. The Kier molecular flexibility index (Phi) is 2.63. The Balaban J connectivity index is 2.13. The van der Waals surface area contributed by atoms with Gasteiger partial charge in [-0.25, -0.2) is 0 Å². The maximum absolute atomic E-state index is 12.7. The van der Waals surface area contributed by atoms with E-state index in [-0.39, 0.29) is 11.3 Å². The van der Waals surface area contributed by atoms with Gasteiger partial charge in [0, 0.05) is 16.7 Å². The lowest BCUT2D eigenvalue weighted by molar-refractivity contribution is -0.120. The molecular weight excluding hydrogens is 290 g/mol. The normalized spacial score (nSPS) is 28.7. The van der Waals surface area contributed by atoms with Crippen molar-refractivity contribution in [3.8, 4) is 0 Å². The third kappa shape index (κ3) is 1.37. The van der Waals surface area contributed by atoms with Gasteiger partial charge in [-0.1, -0.05) is 28.9 Å². The highest BCUT2D eigenvalue weighted by Crippen LogP contribution is 2.62. The average molecular weight is 306 g/mol. The predicted octanol–water partition coefficient (Wildman–Crippen LogP) is 3.65. The van der Waals surface area contributed by atoms with E-state index < -0.39 is 0 Å². The molecular formula is C15H16BrNO. The number of hydrogen-bond donors (Lipinski definition) is 0. The van der Waals surface area contributed by atoms with Gasteiger partial charge in [-0.3, -0.25) is 4.79 Å². The molecule has 0 bridgehead atoms. The minimum Gasteiger partial charge on any atom is -0.311 e. The van der Waals surface area contributed by atoms with Gasteiger partial charge in [-0.2, -0.15) is 0 Å². The number of halogens is 1. The van der Waals surface area contributed by atoms with Gasteiger partial charge >= 0.3 is 0 Å². The van der Waals surface area contributed by atoms with Gasteiger partial charge in [-0.05, 0) is 42.5 Å². The topological polar surface area (TPSA) is 20.3 Å². The van der Waals surface area contributed by atoms with E-state index in [1.165, 1.54) is 5.56 Å². The van der Waals surface area contributed by atoms with Gasteiger partial charge in [0.25, 0.3) is 0 Å². The molecule has 2 aliphatic rings. The molecule has 0 aromatic heterocycles. The SMILES string of the molecule is C=C[C@@H]1C[C@]12C(=O)N(CCC)c1ccc(Br)cc12. The van der Waals surface area contributed by atoms with E-state index in [0.29, 0.717) is 5.92 Å². The van der Waals surface area contributed by atoms with Crippen LogP contribution in [0.3, 0.4) is 0 Å². The molecule has 1 spiro atoms. The molecule has 1 heterocycles. The van der Waals surface area contributed by atoms with Gasteiger partial charge in [-0.15, -0.1) is 6.58 Å². The fraction of sp³-hybridized carbons (Fsp3) is 0.400. The van der Waals surface area contributed by atoms with Crippen molar-refractivity contribution in [2.24, 2.45) is 5.92 Å². The molecule has 1 aliphatic carbocycles. The Morgan fingerprint density at radius 1 is 1.61 bits per heavy atom. The molecule has 0 radical (unpaired) electrons. The highest BCUT2D eigenvalue weighted by atomic mass is 79.9. The molecule has 1 amide bonds. The Morgan fingerprint density at radius 3 is 3.00 bits per heavy atom. The molecule has 3 heteroatoms. The van der Waals surface area contributed by atoms with Crippen LogP contribution >= 0.6 is 15.9 Å². The zero-order valence-electron chi connectivity index (χ0n) is 10.4.